The zero-order valence-electron chi connectivity index (χ0n) is 16.3. The van der Waals surface area contributed by atoms with Gasteiger partial charge in [-0.05, 0) is 22.8 Å². The largest absolute Gasteiger partial charge is 0.334 e. The average Bonchev–Trinajstić information content (AvgIpc) is 2.79. The van der Waals surface area contributed by atoms with Crippen LogP contribution in [0.3, 0.4) is 0 Å². The number of rotatable bonds is 5. The Morgan fingerprint density at radius 2 is 0.967 bits per heavy atom. The molecular formula is C25H20N2O3. The molecule has 0 unspecified atom stereocenters. The molecule has 1 heterocycles. The fraction of sp³-hybridized carbons (Fsp3) is 0.0800. The zero-order chi connectivity index (χ0) is 20.9. The molecule has 0 atom stereocenters. The topological polar surface area (TPSA) is 57.7 Å². The Kier molecular flexibility index (Phi) is 5.52. The van der Waals surface area contributed by atoms with E-state index < -0.39 is 17.8 Å². The van der Waals surface area contributed by atoms with E-state index in [2.05, 4.69) is 0 Å². The van der Waals surface area contributed by atoms with E-state index >= 15 is 0 Å². The molecule has 5 heteroatoms. The summed E-state index contributed by atoms with van der Waals surface area (Å²) in [6, 6.07) is 27.1. The van der Waals surface area contributed by atoms with Crippen LogP contribution in [0.15, 0.2) is 96.6 Å². The third kappa shape index (κ3) is 4.05. The van der Waals surface area contributed by atoms with E-state index in [-0.39, 0.29) is 18.7 Å². The van der Waals surface area contributed by atoms with Crippen molar-refractivity contribution in [1.29, 1.82) is 0 Å². The van der Waals surface area contributed by atoms with Crippen LogP contribution in [0, 0.1) is 0 Å². The predicted molar refractivity (Wildman–Crippen MR) is 114 cm³/mol. The van der Waals surface area contributed by atoms with E-state index in [0.717, 1.165) is 26.5 Å². The molecule has 0 aliphatic carbocycles. The van der Waals surface area contributed by atoms with Gasteiger partial charge in [-0.3, -0.25) is 19.4 Å². The molecule has 0 saturated carbocycles. The third-order valence-electron chi connectivity index (χ3n) is 4.89. The van der Waals surface area contributed by atoms with Gasteiger partial charge in [-0.2, -0.15) is 0 Å². The summed E-state index contributed by atoms with van der Waals surface area (Å²) in [7, 11) is 0. The molecule has 1 aliphatic rings. The van der Waals surface area contributed by atoms with Crippen LogP contribution in [0.25, 0.3) is 6.08 Å². The molecule has 1 fully saturated rings. The number of hydrogen-bond acceptors (Lipinski definition) is 3. The Morgan fingerprint density at radius 3 is 1.40 bits per heavy atom. The van der Waals surface area contributed by atoms with Crippen LogP contribution in [0.1, 0.15) is 16.7 Å². The van der Waals surface area contributed by atoms with Gasteiger partial charge in [0.25, 0.3) is 11.8 Å². The number of carbonyl (C=O) groups excluding carboxylic acids is 3. The Bertz CT molecular complexity index is 1030. The van der Waals surface area contributed by atoms with Gasteiger partial charge in [0.05, 0.1) is 13.1 Å². The lowest BCUT2D eigenvalue weighted by Gasteiger charge is -2.34. The molecule has 3 aromatic rings. The molecule has 30 heavy (non-hydrogen) atoms. The number of carbonyl (C=O) groups is 3. The molecule has 4 amide bonds. The predicted octanol–water partition coefficient (Wildman–Crippen LogP) is 4.26. The van der Waals surface area contributed by atoms with Crippen LogP contribution >= 0.6 is 0 Å². The minimum atomic E-state index is -0.608. The Hall–Kier alpha value is -3.99. The minimum Gasteiger partial charge on any atom is -0.268 e. The van der Waals surface area contributed by atoms with E-state index in [1.54, 1.807) is 6.08 Å². The highest BCUT2D eigenvalue weighted by atomic mass is 16.2. The first kappa shape index (κ1) is 19.3. The summed E-state index contributed by atoms with van der Waals surface area (Å²) in [5.74, 6) is -1.16. The second-order valence-corrected chi connectivity index (χ2v) is 7.01. The average molecular weight is 396 g/mol. The van der Waals surface area contributed by atoms with E-state index in [1.165, 1.54) is 0 Å². The summed E-state index contributed by atoms with van der Waals surface area (Å²) in [5.41, 5.74) is 2.33. The highest BCUT2D eigenvalue weighted by Gasteiger charge is 2.41. The lowest BCUT2D eigenvalue weighted by Crippen LogP contribution is -2.55. The van der Waals surface area contributed by atoms with Gasteiger partial charge in [0.2, 0.25) is 0 Å². The maximum atomic E-state index is 13.1. The SMILES string of the molecule is O=C1C(=Cc2ccccc2)C(=O)N(Cc2ccccc2)C(=O)N1Cc1ccccc1. The van der Waals surface area contributed by atoms with E-state index in [9.17, 15) is 14.4 Å². The van der Waals surface area contributed by atoms with E-state index in [4.69, 9.17) is 0 Å². The number of imide groups is 2. The molecule has 0 spiro atoms. The number of hydrogen-bond donors (Lipinski definition) is 0. The molecule has 5 nitrogen and oxygen atoms in total. The maximum absolute atomic E-state index is 13.1. The first-order valence-electron chi connectivity index (χ1n) is 9.66. The van der Waals surface area contributed by atoms with Gasteiger partial charge in [0, 0.05) is 0 Å². The second kappa shape index (κ2) is 8.57. The molecule has 4 rings (SSSR count). The molecular weight excluding hydrogens is 376 g/mol. The maximum Gasteiger partial charge on any atom is 0.334 e. The Balaban J connectivity index is 1.72. The quantitative estimate of drug-likeness (QED) is 0.478. The number of urea groups is 1. The lowest BCUT2D eigenvalue weighted by atomic mass is 10.0. The Labute approximate surface area is 174 Å². The van der Waals surface area contributed by atoms with E-state index in [1.807, 2.05) is 91.0 Å². The van der Waals surface area contributed by atoms with Gasteiger partial charge in [-0.15, -0.1) is 0 Å². The first-order valence-corrected chi connectivity index (χ1v) is 9.66. The van der Waals surface area contributed by atoms with Crippen molar-refractivity contribution in [3.05, 3.63) is 113 Å². The third-order valence-corrected chi connectivity index (χ3v) is 4.89. The smallest absolute Gasteiger partial charge is 0.268 e. The van der Waals surface area contributed by atoms with Crippen molar-refractivity contribution in [1.82, 2.24) is 9.80 Å². The van der Waals surface area contributed by atoms with Crippen LogP contribution in [0.4, 0.5) is 4.79 Å². The van der Waals surface area contributed by atoms with E-state index in [0.29, 0.717) is 0 Å². The fourth-order valence-corrected chi connectivity index (χ4v) is 3.35. The van der Waals surface area contributed by atoms with Crippen molar-refractivity contribution in [3.63, 3.8) is 0 Å². The fourth-order valence-electron chi connectivity index (χ4n) is 3.35. The zero-order valence-corrected chi connectivity index (χ0v) is 16.3. The summed E-state index contributed by atoms with van der Waals surface area (Å²) in [4.78, 5) is 41.7. The van der Waals surface area contributed by atoms with Gasteiger partial charge in [0.15, 0.2) is 0 Å². The summed E-state index contributed by atoms with van der Waals surface area (Å²) < 4.78 is 0. The minimum absolute atomic E-state index is 0.0207. The van der Waals surface area contributed by atoms with Crippen molar-refractivity contribution in [3.8, 4) is 0 Å². The molecule has 1 saturated heterocycles. The summed E-state index contributed by atoms with van der Waals surface area (Å²) in [6.07, 6.45) is 1.55. The van der Waals surface area contributed by atoms with Gasteiger partial charge in [-0.25, -0.2) is 4.79 Å². The van der Waals surface area contributed by atoms with Gasteiger partial charge < -0.3 is 0 Å². The summed E-state index contributed by atoms with van der Waals surface area (Å²) in [5, 5.41) is 0. The molecule has 0 N–H and O–H groups in total. The van der Waals surface area contributed by atoms with Crippen LogP contribution < -0.4 is 0 Å². The highest BCUT2D eigenvalue weighted by molar-refractivity contribution is 6.30. The van der Waals surface area contributed by atoms with Crippen LogP contribution in [0.5, 0.6) is 0 Å². The molecule has 3 aromatic carbocycles. The monoisotopic (exact) mass is 396 g/mol. The van der Waals surface area contributed by atoms with Crippen LogP contribution in [-0.2, 0) is 22.7 Å². The highest BCUT2D eigenvalue weighted by Crippen LogP contribution is 2.23. The molecule has 0 radical (unpaired) electrons. The molecule has 148 valence electrons. The normalized spacial score (nSPS) is 14.3. The molecule has 0 aromatic heterocycles. The van der Waals surface area contributed by atoms with Crippen LogP contribution in [0.2, 0.25) is 0 Å². The van der Waals surface area contributed by atoms with Gasteiger partial charge >= 0.3 is 6.03 Å². The van der Waals surface area contributed by atoms with Gasteiger partial charge in [0.1, 0.15) is 5.57 Å². The number of amides is 4. The summed E-state index contributed by atoms with van der Waals surface area (Å²) >= 11 is 0. The number of barbiturate groups is 1. The van der Waals surface area contributed by atoms with Crippen molar-refractivity contribution < 1.29 is 14.4 Å². The number of benzene rings is 3. The standard InChI is InChI=1S/C25H20N2O3/c28-23-22(16-19-10-4-1-5-11-19)24(29)27(18-21-14-8-3-9-15-21)25(30)26(23)17-20-12-6-2-7-13-20/h1-16H,17-18H2. The lowest BCUT2D eigenvalue weighted by molar-refractivity contribution is -0.136. The number of nitrogens with zero attached hydrogens (tertiary/aromatic N) is 2. The molecule has 1 aliphatic heterocycles. The van der Waals surface area contributed by atoms with Crippen molar-refractivity contribution in [2.45, 2.75) is 13.1 Å². The first-order chi connectivity index (χ1) is 14.6. The second-order valence-electron chi connectivity index (χ2n) is 7.01. The Morgan fingerprint density at radius 1 is 0.567 bits per heavy atom. The summed E-state index contributed by atoms with van der Waals surface area (Å²) in [6.45, 7) is 0.201. The van der Waals surface area contributed by atoms with Gasteiger partial charge in [-0.1, -0.05) is 91.0 Å². The van der Waals surface area contributed by atoms with Crippen LogP contribution in [-0.4, -0.2) is 27.6 Å². The molecule has 0 bridgehead atoms. The van der Waals surface area contributed by atoms with Crippen molar-refractivity contribution in [2.75, 3.05) is 0 Å². The van der Waals surface area contributed by atoms with Crippen molar-refractivity contribution in [2.24, 2.45) is 0 Å². The van der Waals surface area contributed by atoms with Crippen molar-refractivity contribution >= 4 is 23.9 Å².